The van der Waals surface area contributed by atoms with E-state index in [0.29, 0.717) is 0 Å². The summed E-state index contributed by atoms with van der Waals surface area (Å²) in [6, 6.07) is 0. The van der Waals surface area contributed by atoms with Crippen LogP contribution in [0.3, 0.4) is 0 Å². The second-order valence-electron chi connectivity index (χ2n) is 4.79. The maximum absolute atomic E-state index is 11.6. The minimum atomic E-state index is -0.607. The number of hydrogen-bond acceptors (Lipinski definition) is 6. The first kappa shape index (κ1) is 13.8. The lowest BCUT2D eigenvalue weighted by Gasteiger charge is -2.52. The molecule has 0 spiro atoms. The molecule has 2 saturated heterocycles. The SMILES string of the molecule is CC(=O)OC[C@H]1O[C@@H]2[C@H](C)C(=O)N2C[C@@H]1OC(C)=O. The normalized spacial score (nSPS) is 33.2. The summed E-state index contributed by atoms with van der Waals surface area (Å²) in [5.74, 6) is -1.11. The Bertz CT molecular complexity index is 409. The fourth-order valence-electron chi connectivity index (χ4n) is 2.33. The predicted molar refractivity (Wildman–Crippen MR) is 61.7 cm³/mol. The molecule has 0 aromatic rings. The Balaban J connectivity index is 2.02. The van der Waals surface area contributed by atoms with Gasteiger partial charge >= 0.3 is 11.9 Å². The molecule has 2 aliphatic rings. The molecule has 2 heterocycles. The predicted octanol–water partition coefficient (Wildman–Crippen LogP) is -0.316. The Morgan fingerprint density at radius 2 is 2.05 bits per heavy atom. The molecule has 19 heavy (non-hydrogen) atoms. The minimum absolute atomic E-state index is 0.0124. The van der Waals surface area contributed by atoms with Gasteiger partial charge in [-0.3, -0.25) is 14.4 Å². The summed E-state index contributed by atoms with van der Waals surface area (Å²) in [6.45, 7) is 4.65. The zero-order valence-corrected chi connectivity index (χ0v) is 11.1. The van der Waals surface area contributed by atoms with Crippen molar-refractivity contribution in [3.63, 3.8) is 0 Å². The van der Waals surface area contributed by atoms with Crippen molar-refractivity contribution < 1.29 is 28.6 Å². The van der Waals surface area contributed by atoms with Crippen LogP contribution >= 0.6 is 0 Å². The number of amides is 1. The van der Waals surface area contributed by atoms with Crippen LogP contribution in [0.4, 0.5) is 0 Å². The molecule has 2 fully saturated rings. The van der Waals surface area contributed by atoms with Crippen molar-refractivity contribution >= 4 is 17.8 Å². The molecule has 0 radical (unpaired) electrons. The topological polar surface area (TPSA) is 82.1 Å². The molecule has 7 heteroatoms. The molecule has 0 aromatic heterocycles. The minimum Gasteiger partial charge on any atom is -0.463 e. The third-order valence-corrected chi connectivity index (χ3v) is 3.28. The summed E-state index contributed by atoms with van der Waals surface area (Å²) in [7, 11) is 0. The Hall–Kier alpha value is -1.63. The molecule has 106 valence electrons. The van der Waals surface area contributed by atoms with E-state index in [9.17, 15) is 14.4 Å². The average molecular weight is 271 g/mol. The Kier molecular flexibility index (Phi) is 3.75. The summed E-state index contributed by atoms with van der Waals surface area (Å²) in [5, 5.41) is 0. The fraction of sp³-hybridized carbons (Fsp3) is 0.750. The molecule has 0 bridgehead atoms. The molecule has 0 aromatic carbocycles. The number of rotatable bonds is 3. The molecule has 2 rings (SSSR count). The van der Waals surface area contributed by atoms with E-state index in [2.05, 4.69) is 0 Å². The van der Waals surface area contributed by atoms with E-state index in [1.54, 1.807) is 6.92 Å². The Morgan fingerprint density at radius 1 is 1.37 bits per heavy atom. The number of nitrogens with zero attached hydrogens (tertiary/aromatic N) is 1. The summed E-state index contributed by atoms with van der Waals surface area (Å²) in [6.07, 6.45) is -1.46. The first-order valence-corrected chi connectivity index (χ1v) is 6.16. The molecule has 0 saturated carbocycles. The van der Waals surface area contributed by atoms with Crippen molar-refractivity contribution in [1.29, 1.82) is 0 Å². The molecule has 4 atom stereocenters. The number of carbonyl (C=O) groups is 3. The van der Waals surface area contributed by atoms with E-state index in [1.165, 1.54) is 18.7 Å². The standard InChI is InChI=1S/C12H17NO6/c1-6-11(16)13-4-9(18-8(3)15)10(19-12(6)13)5-17-7(2)14/h6,9-10,12H,4-5H2,1-3H3/t6-,9+,10-,12-/m1/s1. The summed E-state index contributed by atoms with van der Waals surface area (Å²) in [4.78, 5) is 35.1. The highest BCUT2D eigenvalue weighted by molar-refractivity contribution is 5.85. The molecule has 2 aliphatic heterocycles. The highest BCUT2D eigenvalue weighted by Crippen LogP contribution is 2.33. The van der Waals surface area contributed by atoms with E-state index in [-0.39, 0.29) is 31.2 Å². The van der Waals surface area contributed by atoms with Crippen LogP contribution < -0.4 is 0 Å². The smallest absolute Gasteiger partial charge is 0.303 e. The van der Waals surface area contributed by atoms with Gasteiger partial charge in [0.05, 0.1) is 12.5 Å². The fourth-order valence-corrected chi connectivity index (χ4v) is 2.33. The monoisotopic (exact) mass is 271 g/mol. The lowest BCUT2D eigenvalue weighted by molar-refractivity contribution is -0.254. The van der Waals surface area contributed by atoms with Gasteiger partial charge in [0.2, 0.25) is 5.91 Å². The maximum Gasteiger partial charge on any atom is 0.303 e. The number of ether oxygens (including phenoxy) is 3. The second-order valence-corrected chi connectivity index (χ2v) is 4.79. The van der Waals surface area contributed by atoms with Gasteiger partial charge in [-0.1, -0.05) is 0 Å². The van der Waals surface area contributed by atoms with E-state index in [4.69, 9.17) is 14.2 Å². The number of esters is 2. The van der Waals surface area contributed by atoms with Gasteiger partial charge in [0.15, 0.2) is 0 Å². The van der Waals surface area contributed by atoms with Crippen LogP contribution in [0, 0.1) is 5.92 Å². The zero-order valence-electron chi connectivity index (χ0n) is 11.1. The van der Waals surface area contributed by atoms with Crippen molar-refractivity contribution in [3.8, 4) is 0 Å². The van der Waals surface area contributed by atoms with Crippen molar-refractivity contribution in [1.82, 2.24) is 4.90 Å². The first-order chi connectivity index (χ1) is 8.90. The number of fused-ring (bicyclic) bond motifs is 1. The van der Waals surface area contributed by atoms with Gasteiger partial charge in [0.25, 0.3) is 0 Å². The van der Waals surface area contributed by atoms with Gasteiger partial charge in [-0.25, -0.2) is 0 Å². The van der Waals surface area contributed by atoms with Crippen LogP contribution in [-0.4, -0.2) is 54.3 Å². The molecule has 1 amide bonds. The summed E-state index contributed by atoms with van der Waals surface area (Å²) < 4.78 is 15.7. The lowest BCUT2D eigenvalue weighted by atomic mass is 9.94. The van der Waals surface area contributed by atoms with Crippen LogP contribution in [0.25, 0.3) is 0 Å². The van der Waals surface area contributed by atoms with Crippen LogP contribution in [0.15, 0.2) is 0 Å². The maximum atomic E-state index is 11.6. The first-order valence-electron chi connectivity index (χ1n) is 6.16. The van der Waals surface area contributed by atoms with Gasteiger partial charge in [0, 0.05) is 13.8 Å². The van der Waals surface area contributed by atoms with Gasteiger partial charge in [-0.15, -0.1) is 0 Å². The van der Waals surface area contributed by atoms with Gasteiger partial charge in [-0.05, 0) is 6.92 Å². The van der Waals surface area contributed by atoms with Crippen LogP contribution in [0.2, 0.25) is 0 Å². The van der Waals surface area contributed by atoms with Crippen LogP contribution in [-0.2, 0) is 28.6 Å². The molecular formula is C12H17NO6. The molecular weight excluding hydrogens is 254 g/mol. The number of hydrogen-bond donors (Lipinski definition) is 0. The number of β-lactam (4-membered cyclic amide) rings is 1. The lowest BCUT2D eigenvalue weighted by Crippen LogP contribution is -2.69. The van der Waals surface area contributed by atoms with E-state index in [0.717, 1.165) is 0 Å². The van der Waals surface area contributed by atoms with E-state index in [1.807, 2.05) is 0 Å². The Labute approximate surface area is 110 Å². The van der Waals surface area contributed by atoms with Crippen molar-refractivity contribution in [3.05, 3.63) is 0 Å². The van der Waals surface area contributed by atoms with Gasteiger partial charge < -0.3 is 19.1 Å². The van der Waals surface area contributed by atoms with Gasteiger partial charge in [0.1, 0.15) is 25.0 Å². The highest BCUT2D eigenvalue weighted by Gasteiger charge is 2.52. The molecule has 0 unspecified atom stereocenters. The van der Waals surface area contributed by atoms with E-state index < -0.39 is 24.1 Å². The molecule has 0 aliphatic carbocycles. The third kappa shape index (κ3) is 2.70. The molecule has 0 N–H and O–H groups in total. The largest absolute Gasteiger partial charge is 0.463 e. The second kappa shape index (κ2) is 5.16. The quantitative estimate of drug-likeness (QED) is 0.517. The van der Waals surface area contributed by atoms with Crippen LogP contribution in [0.5, 0.6) is 0 Å². The average Bonchev–Trinajstić information content (AvgIpc) is 2.35. The van der Waals surface area contributed by atoms with Crippen LogP contribution in [0.1, 0.15) is 20.8 Å². The van der Waals surface area contributed by atoms with Crippen molar-refractivity contribution in [2.24, 2.45) is 5.92 Å². The Morgan fingerprint density at radius 3 is 2.63 bits per heavy atom. The van der Waals surface area contributed by atoms with E-state index >= 15 is 0 Å². The van der Waals surface area contributed by atoms with Crippen molar-refractivity contribution in [2.75, 3.05) is 13.2 Å². The zero-order chi connectivity index (χ0) is 14.2. The summed E-state index contributed by atoms with van der Waals surface area (Å²) in [5.41, 5.74) is 0. The highest BCUT2D eigenvalue weighted by atomic mass is 16.6. The van der Waals surface area contributed by atoms with Gasteiger partial charge in [-0.2, -0.15) is 0 Å². The van der Waals surface area contributed by atoms with Crippen molar-refractivity contribution in [2.45, 2.75) is 39.2 Å². The third-order valence-electron chi connectivity index (χ3n) is 3.28. The number of carbonyl (C=O) groups excluding carboxylic acids is 3. The molecule has 7 nitrogen and oxygen atoms in total. The summed E-state index contributed by atoms with van der Waals surface area (Å²) >= 11 is 0.